The van der Waals surface area contributed by atoms with Gasteiger partial charge < -0.3 is 15.1 Å². The zero-order chi connectivity index (χ0) is 19.8. The zero-order valence-corrected chi connectivity index (χ0v) is 16.6. The predicted octanol–water partition coefficient (Wildman–Crippen LogP) is 2.03. The molecule has 3 fully saturated rings. The lowest BCUT2D eigenvalue weighted by Gasteiger charge is -2.43. The molecule has 1 aromatic rings. The molecule has 6 nitrogen and oxygen atoms in total. The highest BCUT2D eigenvalue weighted by molar-refractivity contribution is 5.92. The second-order valence-electron chi connectivity index (χ2n) is 8.69. The smallest absolute Gasteiger partial charge is 0.272 e. The minimum atomic E-state index is -0.875. The molecule has 0 spiro atoms. The number of halogens is 1. The van der Waals surface area contributed by atoms with Gasteiger partial charge in [-0.2, -0.15) is 0 Å². The lowest BCUT2D eigenvalue weighted by atomic mass is 9.67. The summed E-state index contributed by atoms with van der Waals surface area (Å²) in [6.07, 6.45) is 2.51. The van der Waals surface area contributed by atoms with Crippen molar-refractivity contribution in [1.82, 2.24) is 20.1 Å². The number of hydrogen-bond donors (Lipinski definition) is 1. The molecule has 3 aliphatic rings. The van der Waals surface area contributed by atoms with E-state index in [9.17, 15) is 14.0 Å². The van der Waals surface area contributed by atoms with E-state index >= 15 is 0 Å². The Morgan fingerprint density at radius 1 is 1.18 bits per heavy atom. The number of aromatic nitrogens is 1. The molecule has 2 aliphatic heterocycles. The summed E-state index contributed by atoms with van der Waals surface area (Å²) in [4.78, 5) is 33.6. The second-order valence-corrected chi connectivity index (χ2v) is 8.69. The molecule has 3 heterocycles. The Kier molecular flexibility index (Phi) is 5.36. The normalized spacial score (nSPS) is 33.9. The fourth-order valence-corrected chi connectivity index (χ4v) is 4.96. The fourth-order valence-electron chi connectivity index (χ4n) is 4.96. The number of piperidine rings is 1. The van der Waals surface area contributed by atoms with E-state index in [-0.39, 0.29) is 35.6 Å². The third-order valence-electron chi connectivity index (χ3n) is 6.74. The fraction of sp³-hybridized carbons (Fsp3) is 0.667. The summed E-state index contributed by atoms with van der Waals surface area (Å²) in [6, 6.07) is 3.54. The van der Waals surface area contributed by atoms with Gasteiger partial charge in [0.25, 0.3) is 5.91 Å². The van der Waals surface area contributed by atoms with Gasteiger partial charge in [0.2, 0.25) is 5.91 Å². The van der Waals surface area contributed by atoms with Crippen molar-refractivity contribution in [1.29, 1.82) is 0 Å². The minimum Gasteiger partial charge on any atom is -0.349 e. The van der Waals surface area contributed by atoms with Gasteiger partial charge in [-0.25, -0.2) is 4.39 Å². The zero-order valence-electron chi connectivity index (χ0n) is 16.6. The predicted molar refractivity (Wildman–Crippen MR) is 103 cm³/mol. The van der Waals surface area contributed by atoms with E-state index in [0.717, 1.165) is 25.1 Å². The summed E-state index contributed by atoms with van der Waals surface area (Å²) in [6.45, 7) is 5.23. The molecule has 1 aromatic heterocycles. The molecule has 0 bridgehead atoms. The van der Waals surface area contributed by atoms with E-state index in [2.05, 4.69) is 29.2 Å². The van der Waals surface area contributed by atoms with Gasteiger partial charge >= 0.3 is 0 Å². The molecule has 1 N–H and O–H groups in total. The molecule has 1 aliphatic carbocycles. The number of nitrogens with zero attached hydrogens (tertiary/aromatic N) is 3. The molecule has 4 rings (SSSR count). The van der Waals surface area contributed by atoms with Crippen molar-refractivity contribution >= 4 is 11.8 Å². The van der Waals surface area contributed by atoms with Crippen LogP contribution in [0.3, 0.4) is 0 Å². The van der Waals surface area contributed by atoms with Crippen molar-refractivity contribution in [3.63, 3.8) is 0 Å². The van der Waals surface area contributed by atoms with Crippen molar-refractivity contribution < 1.29 is 14.0 Å². The third-order valence-corrected chi connectivity index (χ3v) is 6.74. The first-order chi connectivity index (χ1) is 13.4. The quantitative estimate of drug-likeness (QED) is 0.842. The van der Waals surface area contributed by atoms with Gasteiger partial charge in [-0.15, -0.1) is 0 Å². The number of amides is 2. The first-order valence-electron chi connectivity index (χ1n) is 10.3. The number of fused-ring (bicyclic) bond motifs is 1. The minimum absolute atomic E-state index is 0.0396. The average molecular weight is 388 g/mol. The number of nitrogens with one attached hydrogen (secondary N) is 1. The maximum absolute atomic E-state index is 13.9. The Morgan fingerprint density at radius 2 is 1.93 bits per heavy atom. The van der Waals surface area contributed by atoms with Crippen LogP contribution < -0.4 is 5.32 Å². The van der Waals surface area contributed by atoms with Gasteiger partial charge in [0, 0.05) is 38.3 Å². The Bertz CT molecular complexity index is 732. The van der Waals surface area contributed by atoms with Crippen LogP contribution in [-0.4, -0.2) is 66.0 Å². The van der Waals surface area contributed by atoms with Crippen molar-refractivity contribution in [2.24, 2.45) is 17.8 Å². The number of piperazine rings is 1. The third kappa shape index (κ3) is 3.77. The Hall–Kier alpha value is -2.02. The van der Waals surface area contributed by atoms with E-state index in [1.807, 2.05) is 11.0 Å². The molecular formula is C21H29FN4O2. The highest BCUT2D eigenvalue weighted by Gasteiger charge is 2.44. The Balaban J connectivity index is 1.44. The van der Waals surface area contributed by atoms with Crippen molar-refractivity contribution in [2.75, 3.05) is 33.2 Å². The van der Waals surface area contributed by atoms with E-state index < -0.39 is 6.17 Å². The molecule has 28 heavy (non-hydrogen) atoms. The first-order valence-corrected chi connectivity index (χ1v) is 10.3. The van der Waals surface area contributed by atoms with Crippen molar-refractivity contribution in [2.45, 2.75) is 38.4 Å². The maximum Gasteiger partial charge on any atom is 0.272 e. The molecule has 2 amide bonds. The van der Waals surface area contributed by atoms with E-state index in [1.165, 1.54) is 0 Å². The summed E-state index contributed by atoms with van der Waals surface area (Å²) in [7, 11) is 2.05. The molecule has 2 saturated heterocycles. The van der Waals surface area contributed by atoms with Gasteiger partial charge in [-0.05, 0) is 49.8 Å². The molecule has 152 valence electrons. The average Bonchev–Trinajstić information content (AvgIpc) is 2.69. The second kappa shape index (κ2) is 7.78. The summed E-state index contributed by atoms with van der Waals surface area (Å²) in [5.74, 6) is 0.0992. The number of alkyl halides is 1. The Labute approximate surface area is 165 Å². The monoisotopic (exact) mass is 388 g/mol. The molecule has 1 saturated carbocycles. The van der Waals surface area contributed by atoms with Gasteiger partial charge in [-0.3, -0.25) is 14.6 Å². The van der Waals surface area contributed by atoms with Gasteiger partial charge in [0.15, 0.2) is 0 Å². The lowest BCUT2D eigenvalue weighted by molar-refractivity contribution is -0.134. The highest BCUT2D eigenvalue weighted by Crippen LogP contribution is 2.44. The van der Waals surface area contributed by atoms with E-state index in [1.54, 1.807) is 12.3 Å². The van der Waals surface area contributed by atoms with Gasteiger partial charge in [0.1, 0.15) is 11.9 Å². The van der Waals surface area contributed by atoms with Crippen LogP contribution in [0.15, 0.2) is 18.3 Å². The number of carbonyl (C=O) groups excluding carboxylic acids is 2. The number of hydrogen-bond acceptors (Lipinski definition) is 4. The Morgan fingerprint density at radius 3 is 2.61 bits per heavy atom. The maximum atomic E-state index is 13.9. The molecule has 0 radical (unpaired) electrons. The summed E-state index contributed by atoms with van der Waals surface area (Å²) < 4.78 is 13.9. The number of likely N-dealkylation sites (N-methyl/N-ethyl adjacent to an activating group) is 1. The largest absolute Gasteiger partial charge is 0.349 e. The summed E-state index contributed by atoms with van der Waals surface area (Å²) >= 11 is 0. The number of rotatable bonds is 2. The molecule has 5 atom stereocenters. The topological polar surface area (TPSA) is 65.5 Å². The molecular weight excluding hydrogens is 359 g/mol. The summed E-state index contributed by atoms with van der Waals surface area (Å²) in [5, 5.41) is 3.04. The van der Waals surface area contributed by atoms with Crippen LogP contribution in [0, 0.1) is 17.8 Å². The van der Waals surface area contributed by atoms with E-state index in [0.29, 0.717) is 31.6 Å². The van der Waals surface area contributed by atoms with Crippen LogP contribution in [0.1, 0.15) is 48.3 Å². The van der Waals surface area contributed by atoms with Crippen LogP contribution in [0.4, 0.5) is 4.39 Å². The molecule has 5 unspecified atom stereocenters. The van der Waals surface area contributed by atoms with Crippen LogP contribution in [0.5, 0.6) is 0 Å². The highest BCUT2D eigenvalue weighted by atomic mass is 19.1. The van der Waals surface area contributed by atoms with Crippen LogP contribution >= 0.6 is 0 Å². The van der Waals surface area contributed by atoms with Crippen LogP contribution in [0.25, 0.3) is 0 Å². The number of carbonyl (C=O) groups is 2. The van der Waals surface area contributed by atoms with Gasteiger partial charge in [0.05, 0.1) is 6.04 Å². The molecule has 7 heteroatoms. The van der Waals surface area contributed by atoms with E-state index in [4.69, 9.17) is 0 Å². The standard InChI is InChI=1S/C21H29FN4O2/c1-13-9-15(22)10-17-16(13)11-19(24-20(17)27)14-3-4-18(23-12-14)21(28)26-7-5-25(2)6-8-26/h3-4,12-13,15-17,19H,5-11H2,1-2H3,(H,24,27). The van der Waals surface area contributed by atoms with Crippen LogP contribution in [0.2, 0.25) is 0 Å². The van der Waals surface area contributed by atoms with Crippen LogP contribution in [-0.2, 0) is 4.79 Å². The lowest BCUT2D eigenvalue weighted by Crippen LogP contribution is -2.49. The first kappa shape index (κ1) is 19.3. The molecule has 0 aromatic carbocycles. The van der Waals surface area contributed by atoms with Gasteiger partial charge in [-0.1, -0.05) is 13.0 Å². The SMILES string of the molecule is CC1CC(F)CC2C(=O)NC(c3ccc(C(=O)N4CCN(C)CC4)nc3)CC12. The van der Waals surface area contributed by atoms with Crippen molar-refractivity contribution in [3.05, 3.63) is 29.6 Å². The van der Waals surface area contributed by atoms with Crippen molar-refractivity contribution in [3.8, 4) is 0 Å². The number of pyridine rings is 1. The summed E-state index contributed by atoms with van der Waals surface area (Å²) in [5.41, 5.74) is 1.36.